The lowest BCUT2D eigenvalue weighted by Gasteiger charge is -1.95. The maximum atomic E-state index is 5.84. The Morgan fingerprint density at radius 3 is 2.89 bits per heavy atom. The van der Waals surface area contributed by atoms with E-state index >= 15 is 0 Å². The third-order valence-corrected chi connectivity index (χ3v) is 3.37. The summed E-state index contributed by atoms with van der Waals surface area (Å²) in [6, 6.07) is 9.86. The first-order valence-corrected chi connectivity index (χ1v) is 6.36. The van der Waals surface area contributed by atoms with Gasteiger partial charge in [-0.25, -0.2) is 0 Å². The largest absolute Gasteiger partial charge is 0.390 e. The van der Waals surface area contributed by atoms with Crippen LogP contribution in [0.2, 0.25) is 0 Å². The van der Waals surface area contributed by atoms with Crippen LogP contribution in [0.15, 0.2) is 40.2 Å². The van der Waals surface area contributed by atoms with Crippen LogP contribution in [0, 0.1) is 6.92 Å². The average Bonchev–Trinajstić information content (AvgIpc) is 2.97. The molecule has 2 aromatic heterocycles. The molecule has 1 aromatic carbocycles. The molecule has 5 heteroatoms. The van der Waals surface area contributed by atoms with Crippen LogP contribution in [-0.4, -0.2) is 10.1 Å². The van der Waals surface area contributed by atoms with E-state index in [9.17, 15) is 0 Å². The number of rotatable bonds is 2. The Kier molecular flexibility index (Phi) is 2.60. The van der Waals surface area contributed by atoms with Crippen molar-refractivity contribution in [3.05, 3.63) is 41.3 Å². The van der Waals surface area contributed by atoms with Crippen LogP contribution < -0.4 is 5.73 Å². The SMILES string of the molecule is Cc1cccc(-c2noc(-c3ccsc3N)n2)c1. The van der Waals surface area contributed by atoms with Gasteiger partial charge in [0.05, 0.1) is 10.6 Å². The molecule has 0 radical (unpaired) electrons. The van der Waals surface area contributed by atoms with Crippen molar-refractivity contribution >= 4 is 16.3 Å². The number of nitrogens with two attached hydrogens (primary N) is 1. The highest BCUT2D eigenvalue weighted by Gasteiger charge is 2.13. The number of hydrogen-bond donors (Lipinski definition) is 1. The van der Waals surface area contributed by atoms with Gasteiger partial charge in [-0.05, 0) is 24.4 Å². The molecule has 0 atom stereocenters. The minimum absolute atomic E-state index is 0.463. The summed E-state index contributed by atoms with van der Waals surface area (Å²) in [4.78, 5) is 4.37. The number of aromatic nitrogens is 2. The molecule has 2 N–H and O–H groups in total. The lowest BCUT2D eigenvalue weighted by atomic mass is 10.1. The van der Waals surface area contributed by atoms with E-state index in [1.807, 2.05) is 42.6 Å². The van der Waals surface area contributed by atoms with Gasteiger partial charge < -0.3 is 10.3 Å². The molecule has 0 saturated carbocycles. The van der Waals surface area contributed by atoms with Gasteiger partial charge in [-0.1, -0.05) is 28.9 Å². The summed E-state index contributed by atoms with van der Waals surface area (Å²) in [5.41, 5.74) is 8.74. The molecule has 3 aromatic rings. The van der Waals surface area contributed by atoms with E-state index in [0.29, 0.717) is 16.7 Å². The normalized spacial score (nSPS) is 10.7. The van der Waals surface area contributed by atoms with Crippen molar-refractivity contribution in [3.8, 4) is 22.8 Å². The minimum Gasteiger partial charge on any atom is -0.390 e. The highest BCUT2D eigenvalue weighted by atomic mass is 32.1. The van der Waals surface area contributed by atoms with Gasteiger partial charge in [-0.15, -0.1) is 11.3 Å². The zero-order valence-electron chi connectivity index (χ0n) is 9.75. The molecule has 0 spiro atoms. The molecular formula is C13H11N3OS. The predicted molar refractivity (Wildman–Crippen MR) is 72.2 cm³/mol. The second-order valence-corrected chi connectivity index (χ2v) is 4.94. The maximum absolute atomic E-state index is 5.84. The average molecular weight is 257 g/mol. The number of nitrogen functional groups attached to an aromatic ring is 1. The lowest BCUT2D eigenvalue weighted by Crippen LogP contribution is -1.84. The summed E-state index contributed by atoms with van der Waals surface area (Å²) in [6.07, 6.45) is 0. The van der Waals surface area contributed by atoms with Crippen LogP contribution in [-0.2, 0) is 0 Å². The van der Waals surface area contributed by atoms with Crippen LogP contribution in [0.3, 0.4) is 0 Å². The van der Waals surface area contributed by atoms with Gasteiger partial charge in [-0.3, -0.25) is 0 Å². The molecule has 18 heavy (non-hydrogen) atoms. The van der Waals surface area contributed by atoms with Gasteiger partial charge in [-0.2, -0.15) is 4.98 Å². The number of hydrogen-bond acceptors (Lipinski definition) is 5. The molecule has 0 aliphatic heterocycles. The molecule has 0 unspecified atom stereocenters. The van der Waals surface area contributed by atoms with Crippen LogP contribution in [0.5, 0.6) is 0 Å². The first-order valence-electron chi connectivity index (χ1n) is 5.48. The van der Waals surface area contributed by atoms with Gasteiger partial charge in [0.25, 0.3) is 5.89 Å². The monoisotopic (exact) mass is 257 g/mol. The molecule has 4 nitrogen and oxygen atoms in total. The van der Waals surface area contributed by atoms with E-state index in [2.05, 4.69) is 10.1 Å². The number of benzene rings is 1. The molecular weight excluding hydrogens is 246 g/mol. The summed E-state index contributed by atoms with van der Waals surface area (Å²) in [5, 5.41) is 6.58. The topological polar surface area (TPSA) is 64.9 Å². The summed E-state index contributed by atoms with van der Waals surface area (Å²) in [6.45, 7) is 2.03. The van der Waals surface area contributed by atoms with Crippen LogP contribution in [0.25, 0.3) is 22.8 Å². The zero-order valence-corrected chi connectivity index (χ0v) is 10.6. The van der Waals surface area contributed by atoms with E-state index in [1.165, 1.54) is 11.3 Å². The summed E-state index contributed by atoms with van der Waals surface area (Å²) in [5.74, 6) is 1.05. The summed E-state index contributed by atoms with van der Waals surface area (Å²) < 4.78 is 5.25. The Labute approximate surface area is 108 Å². The van der Waals surface area contributed by atoms with E-state index in [4.69, 9.17) is 10.3 Å². The molecule has 0 bridgehead atoms. The molecule has 0 aliphatic carbocycles. The smallest absolute Gasteiger partial charge is 0.261 e. The molecule has 90 valence electrons. The van der Waals surface area contributed by atoms with Gasteiger partial charge in [0, 0.05) is 5.56 Å². The zero-order chi connectivity index (χ0) is 12.5. The van der Waals surface area contributed by atoms with Crippen LogP contribution >= 0.6 is 11.3 Å². The molecule has 0 aliphatic rings. The Morgan fingerprint density at radius 2 is 2.17 bits per heavy atom. The van der Waals surface area contributed by atoms with Gasteiger partial charge in [0.15, 0.2) is 0 Å². The summed E-state index contributed by atoms with van der Waals surface area (Å²) >= 11 is 1.46. The quantitative estimate of drug-likeness (QED) is 0.764. The Balaban J connectivity index is 2.02. The van der Waals surface area contributed by atoms with E-state index in [1.54, 1.807) is 0 Å². The molecule has 2 heterocycles. The minimum atomic E-state index is 0.463. The number of anilines is 1. The Bertz CT molecular complexity index is 687. The van der Waals surface area contributed by atoms with Crippen molar-refractivity contribution in [3.63, 3.8) is 0 Å². The highest BCUT2D eigenvalue weighted by molar-refractivity contribution is 7.14. The van der Waals surface area contributed by atoms with Gasteiger partial charge in [0.2, 0.25) is 5.82 Å². The fourth-order valence-electron chi connectivity index (χ4n) is 1.73. The van der Waals surface area contributed by atoms with E-state index in [-0.39, 0.29) is 0 Å². The second kappa shape index (κ2) is 4.27. The molecule has 3 rings (SSSR count). The van der Waals surface area contributed by atoms with Crippen molar-refractivity contribution in [1.29, 1.82) is 0 Å². The van der Waals surface area contributed by atoms with Crippen molar-refractivity contribution in [2.24, 2.45) is 0 Å². The third kappa shape index (κ3) is 1.89. The first kappa shape index (κ1) is 11.0. The standard InChI is InChI=1S/C13H11N3OS/c1-8-3-2-4-9(7-8)12-15-13(17-16-12)10-5-6-18-11(10)14/h2-7H,14H2,1H3. The molecule has 0 saturated heterocycles. The fraction of sp³-hybridized carbons (Fsp3) is 0.0769. The number of nitrogens with zero attached hydrogens (tertiary/aromatic N) is 2. The maximum Gasteiger partial charge on any atom is 0.261 e. The number of thiophene rings is 1. The summed E-state index contributed by atoms with van der Waals surface area (Å²) in [7, 11) is 0. The Morgan fingerprint density at radius 1 is 1.28 bits per heavy atom. The fourth-order valence-corrected chi connectivity index (χ4v) is 2.37. The molecule has 0 amide bonds. The van der Waals surface area contributed by atoms with E-state index < -0.39 is 0 Å². The second-order valence-electron chi connectivity index (χ2n) is 3.99. The first-order chi connectivity index (χ1) is 8.74. The van der Waals surface area contributed by atoms with Gasteiger partial charge >= 0.3 is 0 Å². The van der Waals surface area contributed by atoms with Crippen LogP contribution in [0.1, 0.15) is 5.56 Å². The van der Waals surface area contributed by atoms with Gasteiger partial charge in [0.1, 0.15) is 0 Å². The van der Waals surface area contributed by atoms with Crippen molar-refractivity contribution in [2.45, 2.75) is 6.92 Å². The van der Waals surface area contributed by atoms with E-state index in [0.717, 1.165) is 16.7 Å². The number of aryl methyl sites for hydroxylation is 1. The molecule has 0 fully saturated rings. The van der Waals surface area contributed by atoms with Crippen LogP contribution in [0.4, 0.5) is 5.00 Å². The highest BCUT2D eigenvalue weighted by Crippen LogP contribution is 2.30. The van der Waals surface area contributed by atoms with Crippen molar-refractivity contribution in [2.75, 3.05) is 5.73 Å². The third-order valence-electron chi connectivity index (χ3n) is 2.63. The predicted octanol–water partition coefficient (Wildman–Crippen LogP) is 3.36. The van der Waals surface area contributed by atoms with Crippen molar-refractivity contribution in [1.82, 2.24) is 10.1 Å². The Hall–Kier alpha value is -2.14. The lowest BCUT2D eigenvalue weighted by molar-refractivity contribution is 0.432. The van der Waals surface area contributed by atoms with Crippen molar-refractivity contribution < 1.29 is 4.52 Å².